The number of guanidine groups is 1. The lowest BCUT2D eigenvalue weighted by atomic mass is 10.2. The number of hydrogen-bond acceptors (Lipinski definition) is 3. The molecule has 0 amide bonds. The van der Waals surface area contributed by atoms with E-state index in [2.05, 4.69) is 69.8 Å². The van der Waals surface area contributed by atoms with Crippen molar-refractivity contribution in [2.75, 3.05) is 39.8 Å². The quantitative estimate of drug-likeness (QED) is 0.637. The van der Waals surface area contributed by atoms with Gasteiger partial charge in [0.05, 0.1) is 5.69 Å². The molecular formula is C20H32N6. The van der Waals surface area contributed by atoms with Crippen molar-refractivity contribution in [3.8, 4) is 0 Å². The fraction of sp³-hybridized carbons (Fsp3) is 0.600. The summed E-state index contributed by atoms with van der Waals surface area (Å²) in [4.78, 5) is 14.2. The van der Waals surface area contributed by atoms with Gasteiger partial charge in [-0.05, 0) is 38.1 Å². The summed E-state index contributed by atoms with van der Waals surface area (Å²) in [6.07, 6.45) is 6.29. The van der Waals surface area contributed by atoms with E-state index in [-0.39, 0.29) is 0 Å². The Morgan fingerprint density at radius 1 is 1.38 bits per heavy atom. The molecule has 0 saturated carbocycles. The second kappa shape index (κ2) is 8.54. The highest BCUT2D eigenvalue weighted by Crippen LogP contribution is 2.15. The smallest absolute Gasteiger partial charge is 0.193 e. The largest absolute Gasteiger partial charge is 0.356 e. The summed E-state index contributed by atoms with van der Waals surface area (Å²) >= 11 is 0. The van der Waals surface area contributed by atoms with E-state index in [0.29, 0.717) is 6.04 Å². The van der Waals surface area contributed by atoms with Crippen LogP contribution in [0, 0.1) is 6.92 Å². The summed E-state index contributed by atoms with van der Waals surface area (Å²) in [5.41, 5.74) is 3.38. The van der Waals surface area contributed by atoms with Crippen molar-refractivity contribution in [2.24, 2.45) is 4.99 Å². The van der Waals surface area contributed by atoms with Crippen molar-refractivity contribution < 1.29 is 0 Å². The van der Waals surface area contributed by atoms with Gasteiger partial charge in [0.15, 0.2) is 5.96 Å². The predicted octanol–water partition coefficient (Wildman–Crippen LogP) is 2.18. The van der Waals surface area contributed by atoms with Gasteiger partial charge in [-0.2, -0.15) is 0 Å². The number of nitrogens with zero attached hydrogens (tertiary/aromatic N) is 5. The zero-order chi connectivity index (χ0) is 18.5. The molecule has 1 atom stereocenters. The molecule has 142 valence electrons. The first-order valence-corrected chi connectivity index (χ1v) is 9.79. The van der Waals surface area contributed by atoms with Crippen LogP contribution in [0.5, 0.6) is 0 Å². The van der Waals surface area contributed by atoms with Crippen molar-refractivity contribution in [1.29, 1.82) is 0 Å². The molecule has 0 spiro atoms. The molecule has 1 unspecified atom stereocenters. The van der Waals surface area contributed by atoms with E-state index >= 15 is 0 Å². The zero-order valence-corrected chi connectivity index (χ0v) is 16.6. The van der Waals surface area contributed by atoms with Crippen LogP contribution in [0.25, 0.3) is 5.65 Å². The number of likely N-dealkylation sites (tertiary alicyclic amines) is 1. The molecule has 1 N–H and O–H groups in total. The molecule has 2 aromatic rings. The third kappa shape index (κ3) is 4.01. The van der Waals surface area contributed by atoms with Gasteiger partial charge in [-0.15, -0.1) is 0 Å². The minimum Gasteiger partial charge on any atom is -0.356 e. The maximum absolute atomic E-state index is 4.75. The molecule has 1 saturated heterocycles. The molecule has 2 aromatic heterocycles. The highest BCUT2D eigenvalue weighted by atomic mass is 15.3. The van der Waals surface area contributed by atoms with Gasteiger partial charge in [0.25, 0.3) is 0 Å². The number of aryl methyl sites for hydroxylation is 1. The Bertz CT molecular complexity index is 746. The molecule has 0 aliphatic carbocycles. The molecule has 0 radical (unpaired) electrons. The first-order chi connectivity index (χ1) is 12.7. The van der Waals surface area contributed by atoms with E-state index in [1.807, 2.05) is 7.05 Å². The number of aromatic nitrogens is 2. The molecule has 1 fully saturated rings. The average Bonchev–Trinajstić information content (AvgIpc) is 3.28. The van der Waals surface area contributed by atoms with Gasteiger partial charge < -0.3 is 14.6 Å². The van der Waals surface area contributed by atoms with Crippen molar-refractivity contribution >= 4 is 11.6 Å². The Morgan fingerprint density at radius 3 is 2.88 bits per heavy atom. The number of imidazole rings is 1. The van der Waals surface area contributed by atoms with Gasteiger partial charge in [-0.3, -0.25) is 9.89 Å². The van der Waals surface area contributed by atoms with Crippen molar-refractivity contribution in [2.45, 2.75) is 39.7 Å². The lowest BCUT2D eigenvalue weighted by molar-refractivity contribution is 0.223. The second-order valence-corrected chi connectivity index (χ2v) is 6.99. The Balaban J connectivity index is 1.54. The average molecular weight is 357 g/mol. The fourth-order valence-electron chi connectivity index (χ4n) is 3.93. The summed E-state index contributed by atoms with van der Waals surface area (Å²) in [7, 11) is 1.88. The number of rotatable bonds is 6. The van der Waals surface area contributed by atoms with Crippen LogP contribution >= 0.6 is 0 Å². The molecule has 3 heterocycles. The van der Waals surface area contributed by atoms with Gasteiger partial charge in [-0.25, -0.2) is 4.98 Å². The first-order valence-electron chi connectivity index (χ1n) is 9.79. The van der Waals surface area contributed by atoms with Gasteiger partial charge in [0.2, 0.25) is 0 Å². The fourth-order valence-corrected chi connectivity index (χ4v) is 3.93. The van der Waals surface area contributed by atoms with E-state index in [4.69, 9.17) is 4.98 Å². The molecule has 0 bridgehead atoms. The predicted molar refractivity (Wildman–Crippen MR) is 108 cm³/mol. The Morgan fingerprint density at radius 2 is 2.19 bits per heavy atom. The van der Waals surface area contributed by atoms with E-state index in [1.165, 1.54) is 12.0 Å². The van der Waals surface area contributed by atoms with E-state index in [1.54, 1.807) is 0 Å². The lowest BCUT2D eigenvalue weighted by Crippen LogP contribution is -2.43. The number of fused-ring (bicyclic) bond motifs is 1. The topological polar surface area (TPSA) is 48.2 Å². The molecule has 1 aliphatic heterocycles. The number of pyridine rings is 1. The number of likely N-dealkylation sites (N-methyl/N-ethyl adjacent to an activating group) is 1. The minimum absolute atomic E-state index is 0.643. The first kappa shape index (κ1) is 18.7. The van der Waals surface area contributed by atoms with Crippen LogP contribution in [-0.4, -0.2) is 71.0 Å². The highest BCUT2D eigenvalue weighted by Gasteiger charge is 2.27. The third-order valence-electron chi connectivity index (χ3n) is 5.40. The number of aliphatic imine (C=N–C) groups is 1. The summed E-state index contributed by atoms with van der Waals surface area (Å²) in [5, 5.41) is 3.52. The van der Waals surface area contributed by atoms with Gasteiger partial charge in [-0.1, -0.05) is 19.9 Å². The monoisotopic (exact) mass is 356 g/mol. The van der Waals surface area contributed by atoms with Crippen LogP contribution in [0.4, 0.5) is 0 Å². The van der Waals surface area contributed by atoms with Gasteiger partial charge in [0, 0.05) is 51.5 Å². The third-order valence-corrected chi connectivity index (χ3v) is 5.40. The van der Waals surface area contributed by atoms with E-state index in [9.17, 15) is 0 Å². The molecule has 3 rings (SSSR count). The maximum Gasteiger partial charge on any atom is 0.193 e. The van der Waals surface area contributed by atoms with Crippen LogP contribution in [0.2, 0.25) is 0 Å². The number of hydrogen-bond donors (Lipinski definition) is 1. The van der Waals surface area contributed by atoms with E-state index in [0.717, 1.165) is 56.4 Å². The Hall–Kier alpha value is -2.08. The maximum atomic E-state index is 4.75. The highest BCUT2D eigenvalue weighted by molar-refractivity contribution is 5.80. The molecule has 0 aromatic carbocycles. The summed E-state index contributed by atoms with van der Waals surface area (Å²) < 4.78 is 2.11. The number of nitrogens with one attached hydrogen (secondary N) is 1. The lowest BCUT2D eigenvalue weighted by Gasteiger charge is -2.27. The summed E-state index contributed by atoms with van der Waals surface area (Å²) in [5.74, 6) is 1.01. The molecule has 6 nitrogen and oxygen atoms in total. The zero-order valence-electron chi connectivity index (χ0n) is 16.6. The van der Waals surface area contributed by atoms with E-state index < -0.39 is 0 Å². The van der Waals surface area contributed by atoms with Gasteiger partial charge in [0.1, 0.15) is 5.65 Å². The molecular weight excluding hydrogens is 324 g/mol. The molecule has 1 aliphatic rings. The Labute approximate surface area is 156 Å². The minimum atomic E-state index is 0.643. The standard InChI is InChI=1S/C20H32N6/c1-5-24(6-2)18-10-13-26(15-18)20(21-4)22-11-9-17-14-25-12-7-8-16(3)19(25)23-17/h7-8,12,14,18H,5-6,9-11,13,15H2,1-4H3,(H,21,22). The molecule has 6 heteroatoms. The Kier molecular flexibility index (Phi) is 6.14. The van der Waals surface area contributed by atoms with Crippen LogP contribution in [0.3, 0.4) is 0 Å². The second-order valence-electron chi connectivity index (χ2n) is 6.99. The molecule has 26 heavy (non-hydrogen) atoms. The van der Waals surface area contributed by atoms with Crippen molar-refractivity contribution in [3.63, 3.8) is 0 Å². The van der Waals surface area contributed by atoms with Crippen LogP contribution < -0.4 is 5.32 Å². The van der Waals surface area contributed by atoms with Crippen molar-refractivity contribution in [1.82, 2.24) is 24.5 Å². The van der Waals surface area contributed by atoms with Crippen molar-refractivity contribution in [3.05, 3.63) is 35.8 Å². The van der Waals surface area contributed by atoms with Crippen LogP contribution in [0.15, 0.2) is 29.5 Å². The van der Waals surface area contributed by atoms with Crippen LogP contribution in [0.1, 0.15) is 31.5 Å². The normalized spacial score (nSPS) is 18.3. The summed E-state index contributed by atoms with van der Waals surface area (Å²) in [6.45, 7) is 11.8. The van der Waals surface area contributed by atoms with Gasteiger partial charge >= 0.3 is 0 Å². The summed E-state index contributed by atoms with van der Waals surface area (Å²) in [6, 6.07) is 4.81. The SMILES string of the molecule is CCN(CC)C1CCN(C(=NC)NCCc2cn3cccc(C)c3n2)C1. The van der Waals surface area contributed by atoms with Crippen LogP contribution in [-0.2, 0) is 6.42 Å².